The number of aliphatic hydroxyl groups excluding tert-OH is 1. The van der Waals surface area contributed by atoms with Gasteiger partial charge in [-0.05, 0) is 30.5 Å². The van der Waals surface area contributed by atoms with E-state index in [0.717, 1.165) is 36.6 Å². The van der Waals surface area contributed by atoms with Gasteiger partial charge in [0.25, 0.3) is 5.56 Å². The van der Waals surface area contributed by atoms with Crippen molar-refractivity contribution in [1.29, 1.82) is 0 Å². The summed E-state index contributed by atoms with van der Waals surface area (Å²) in [7, 11) is 0. The smallest absolute Gasteiger partial charge is 0.250 e. The number of nitrogens with one attached hydrogen (secondary N) is 1. The summed E-state index contributed by atoms with van der Waals surface area (Å²) in [5.74, 6) is 0.851. The molecule has 1 aliphatic rings. The fraction of sp³-hybridized carbons (Fsp3) is 0.400. The first-order valence-corrected chi connectivity index (χ1v) is 9.10. The van der Waals surface area contributed by atoms with Crippen LogP contribution in [0.3, 0.4) is 0 Å². The molecule has 6 heteroatoms. The lowest BCUT2D eigenvalue weighted by atomic mass is 10.1. The van der Waals surface area contributed by atoms with Crippen LogP contribution in [-0.2, 0) is 13.1 Å². The molecule has 138 valence electrons. The molecule has 26 heavy (non-hydrogen) atoms. The topological polar surface area (TPSA) is 69.9 Å². The van der Waals surface area contributed by atoms with Crippen molar-refractivity contribution in [2.45, 2.75) is 32.5 Å². The largest absolute Gasteiger partial charge is 0.391 e. The average Bonchev–Trinajstić information content (AvgIpc) is 3.08. The van der Waals surface area contributed by atoms with Crippen molar-refractivity contribution in [3.8, 4) is 0 Å². The summed E-state index contributed by atoms with van der Waals surface area (Å²) in [4.78, 5) is 18.6. The Balaban J connectivity index is 1.64. The molecule has 1 saturated heterocycles. The number of guanidine groups is 1. The average molecular weight is 354 g/mol. The van der Waals surface area contributed by atoms with Crippen LogP contribution in [0.1, 0.15) is 24.5 Å². The number of nitrogens with zero attached hydrogens (tertiary/aromatic N) is 3. The third-order valence-electron chi connectivity index (χ3n) is 4.48. The quantitative estimate of drug-likeness (QED) is 0.630. The number of aromatic nitrogens is 1. The molecule has 0 unspecified atom stereocenters. The highest BCUT2D eigenvalue weighted by atomic mass is 16.3. The molecule has 2 heterocycles. The summed E-state index contributed by atoms with van der Waals surface area (Å²) >= 11 is 0. The molecule has 0 bridgehead atoms. The number of aliphatic imine (C=N–C) groups is 1. The lowest BCUT2D eigenvalue weighted by molar-refractivity contribution is 0.188. The van der Waals surface area contributed by atoms with Crippen molar-refractivity contribution in [2.24, 2.45) is 4.99 Å². The zero-order chi connectivity index (χ0) is 18.4. The number of benzene rings is 1. The Kier molecular flexibility index (Phi) is 6.07. The van der Waals surface area contributed by atoms with Crippen LogP contribution in [0.4, 0.5) is 0 Å². The van der Waals surface area contributed by atoms with Gasteiger partial charge in [-0.15, -0.1) is 0 Å². The van der Waals surface area contributed by atoms with Gasteiger partial charge in [0.1, 0.15) is 0 Å². The van der Waals surface area contributed by atoms with Crippen LogP contribution >= 0.6 is 0 Å². The second-order valence-electron chi connectivity index (χ2n) is 6.54. The number of likely N-dealkylation sites (tertiary alicyclic amines) is 1. The minimum Gasteiger partial charge on any atom is -0.391 e. The van der Waals surface area contributed by atoms with E-state index in [1.54, 1.807) is 22.9 Å². The number of hydrogen-bond donors (Lipinski definition) is 2. The molecule has 6 nitrogen and oxygen atoms in total. The van der Waals surface area contributed by atoms with Crippen molar-refractivity contribution >= 4 is 5.96 Å². The van der Waals surface area contributed by atoms with E-state index in [4.69, 9.17) is 4.99 Å². The first kappa shape index (κ1) is 18.2. The number of pyridine rings is 1. The van der Waals surface area contributed by atoms with Crippen LogP contribution in [0.15, 0.2) is 58.4 Å². The van der Waals surface area contributed by atoms with E-state index in [1.165, 1.54) is 0 Å². The summed E-state index contributed by atoms with van der Waals surface area (Å²) in [5.41, 5.74) is 2.20. The molecule has 1 aliphatic heterocycles. The van der Waals surface area contributed by atoms with Crippen molar-refractivity contribution in [3.63, 3.8) is 0 Å². The van der Waals surface area contributed by atoms with Crippen LogP contribution in [-0.4, -0.2) is 46.3 Å². The molecule has 2 N–H and O–H groups in total. The number of β-amino-alcohol motifs (C(OH)–C–C–N with tert-alkyl or cyclic N) is 1. The second kappa shape index (κ2) is 8.67. The molecule has 0 saturated carbocycles. The molecule has 0 amide bonds. The molecule has 0 spiro atoms. The van der Waals surface area contributed by atoms with Crippen LogP contribution in [0.5, 0.6) is 0 Å². The Bertz CT molecular complexity index is 798. The molecule has 2 aromatic rings. The monoisotopic (exact) mass is 354 g/mol. The van der Waals surface area contributed by atoms with Crippen molar-refractivity contribution in [1.82, 2.24) is 14.8 Å². The zero-order valence-corrected chi connectivity index (χ0v) is 15.1. The fourth-order valence-corrected chi connectivity index (χ4v) is 3.06. The summed E-state index contributed by atoms with van der Waals surface area (Å²) in [6, 6.07) is 13.4. The minimum atomic E-state index is -0.264. The van der Waals surface area contributed by atoms with Gasteiger partial charge in [0.2, 0.25) is 0 Å². The van der Waals surface area contributed by atoms with Gasteiger partial charge >= 0.3 is 0 Å². The van der Waals surface area contributed by atoms with Gasteiger partial charge in [-0.1, -0.05) is 30.3 Å². The first-order valence-electron chi connectivity index (χ1n) is 9.10. The van der Waals surface area contributed by atoms with Gasteiger partial charge in [0.15, 0.2) is 5.96 Å². The van der Waals surface area contributed by atoms with Crippen molar-refractivity contribution in [2.75, 3.05) is 19.6 Å². The maximum Gasteiger partial charge on any atom is 0.250 e. The van der Waals surface area contributed by atoms with Gasteiger partial charge in [0.05, 0.1) is 19.2 Å². The lowest BCUT2D eigenvalue weighted by Gasteiger charge is -2.20. The van der Waals surface area contributed by atoms with Crippen molar-refractivity contribution < 1.29 is 5.11 Å². The van der Waals surface area contributed by atoms with E-state index in [9.17, 15) is 9.90 Å². The summed E-state index contributed by atoms with van der Waals surface area (Å²) in [5, 5.41) is 13.0. The lowest BCUT2D eigenvalue weighted by Crippen LogP contribution is -2.40. The Morgan fingerprint density at radius 3 is 2.65 bits per heavy atom. The SMILES string of the molecule is CCNC(=NCc1ccc(Cn2ccccc2=O)cc1)N1CC[C@@H](O)C1. The van der Waals surface area contributed by atoms with Crippen LogP contribution in [0.25, 0.3) is 0 Å². The molecule has 1 aromatic carbocycles. The maximum atomic E-state index is 11.8. The number of rotatable bonds is 5. The van der Waals surface area contributed by atoms with E-state index in [1.807, 2.05) is 25.1 Å². The van der Waals surface area contributed by atoms with Crippen molar-refractivity contribution in [3.05, 3.63) is 70.1 Å². The molecule has 0 aliphatic carbocycles. The minimum absolute atomic E-state index is 0.00394. The van der Waals surface area contributed by atoms with E-state index >= 15 is 0 Å². The summed E-state index contributed by atoms with van der Waals surface area (Å²) in [6.45, 7) is 5.46. The molecule has 1 atom stereocenters. The summed E-state index contributed by atoms with van der Waals surface area (Å²) in [6.07, 6.45) is 2.32. The predicted molar refractivity (Wildman–Crippen MR) is 103 cm³/mol. The maximum absolute atomic E-state index is 11.8. The molecule has 3 rings (SSSR count). The second-order valence-corrected chi connectivity index (χ2v) is 6.54. The van der Waals surface area contributed by atoms with E-state index in [0.29, 0.717) is 19.6 Å². The standard InChI is InChI=1S/C20H26N4O2/c1-2-21-20(24-12-10-18(25)15-24)22-13-16-6-8-17(9-7-16)14-23-11-4-3-5-19(23)26/h3-9,11,18,25H,2,10,12-15H2,1H3,(H,21,22)/t18-/m1/s1. The van der Waals surface area contributed by atoms with Gasteiger partial charge in [-0.2, -0.15) is 0 Å². The van der Waals surface area contributed by atoms with Gasteiger partial charge < -0.3 is 19.9 Å². The molecule has 0 radical (unpaired) electrons. The van der Waals surface area contributed by atoms with E-state index in [2.05, 4.69) is 22.3 Å². The molecule has 1 fully saturated rings. The zero-order valence-electron chi connectivity index (χ0n) is 15.1. The number of hydrogen-bond acceptors (Lipinski definition) is 3. The Morgan fingerprint density at radius 1 is 1.23 bits per heavy atom. The highest BCUT2D eigenvalue weighted by Crippen LogP contribution is 2.11. The third kappa shape index (κ3) is 4.73. The predicted octanol–water partition coefficient (Wildman–Crippen LogP) is 1.43. The van der Waals surface area contributed by atoms with Crippen LogP contribution < -0.4 is 10.9 Å². The Labute approximate surface area is 153 Å². The van der Waals surface area contributed by atoms with E-state index < -0.39 is 0 Å². The molecule has 1 aromatic heterocycles. The van der Waals surface area contributed by atoms with Gasteiger partial charge in [-0.25, -0.2) is 4.99 Å². The normalized spacial score (nSPS) is 17.5. The highest BCUT2D eigenvalue weighted by Gasteiger charge is 2.22. The molecular formula is C20H26N4O2. The third-order valence-corrected chi connectivity index (χ3v) is 4.48. The fourth-order valence-electron chi connectivity index (χ4n) is 3.06. The Hall–Kier alpha value is -2.60. The first-order chi connectivity index (χ1) is 12.7. The Morgan fingerprint density at radius 2 is 2.00 bits per heavy atom. The van der Waals surface area contributed by atoms with Crippen LogP contribution in [0.2, 0.25) is 0 Å². The van der Waals surface area contributed by atoms with Gasteiger partial charge in [-0.3, -0.25) is 4.79 Å². The summed E-state index contributed by atoms with van der Waals surface area (Å²) < 4.78 is 1.69. The highest BCUT2D eigenvalue weighted by molar-refractivity contribution is 5.80. The van der Waals surface area contributed by atoms with E-state index in [-0.39, 0.29) is 11.7 Å². The molecular weight excluding hydrogens is 328 g/mol. The number of aliphatic hydroxyl groups is 1. The van der Waals surface area contributed by atoms with Gasteiger partial charge in [0, 0.05) is 31.9 Å². The van der Waals surface area contributed by atoms with Crippen LogP contribution in [0, 0.1) is 0 Å².